The van der Waals surface area contributed by atoms with Gasteiger partial charge in [0.15, 0.2) is 29.7 Å². The summed E-state index contributed by atoms with van der Waals surface area (Å²) in [6, 6.07) is 63.5. The number of nitrogens with zero attached hydrogens (tertiary/aromatic N) is 12. The van der Waals surface area contributed by atoms with Gasteiger partial charge in [-0.2, -0.15) is 22.1 Å². The molecule has 20 aromatic rings. The van der Waals surface area contributed by atoms with Crippen molar-refractivity contribution in [3.8, 4) is 6.07 Å². The number of aromatic nitrogens is 10. The van der Waals surface area contributed by atoms with Crippen LogP contribution >= 0.6 is 190 Å². The number of halogens is 10. The van der Waals surface area contributed by atoms with Crippen LogP contribution in [0.2, 0.25) is 15.1 Å². The summed E-state index contributed by atoms with van der Waals surface area (Å²) in [6.45, 7) is 5.31. The monoisotopic (exact) mass is 2590 g/mol. The number of hydrogen-bond donors (Lipinski definition) is 5. The van der Waals surface area contributed by atoms with Crippen LogP contribution < -0.4 is 30.5 Å². The number of ether oxygens (including phenoxy) is 3. The van der Waals surface area contributed by atoms with Crippen LogP contribution in [0.3, 0.4) is 0 Å². The summed E-state index contributed by atoms with van der Waals surface area (Å²) in [7, 11) is -4.81. The molecule has 0 saturated carbocycles. The number of rotatable bonds is 12. The molecular formula is C94H70Br4Cl4F2N16O13S9Y2-2. The summed E-state index contributed by atoms with van der Waals surface area (Å²) in [6.07, 6.45) is 18.7. The molecule has 0 aliphatic heterocycles. The number of esters is 2. The molecule has 0 bridgehead atoms. The molecule has 3 aromatic carbocycles. The van der Waals surface area contributed by atoms with E-state index in [0.29, 0.717) is 91.7 Å². The average Bonchev–Trinajstić information content (AvgIpc) is 1.43. The van der Waals surface area contributed by atoms with Gasteiger partial charge in [0, 0.05) is 133 Å². The third kappa shape index (κ3) is 33.8. The van der Waals surface area contributed by atoms with Gasteiger partial charge in [0.05, 0.1) is 110 Å². The molecule has 0 spiro atoms. The van der Waals surface area contributed by atoms with Gasteiger partial charge < -0.3 is 36.0 Å². The van der Waals surface area contributed by atoms with Gasteiger partial charge in [-0.15, -0.1) is 81.2 Å². The van der Waals surface area contributed by atoms with Crippen LogP contribution in [0.1, 0.15) is 61.0 Å². The van der Waals surface area contributed by atoms with Gasteiger partial charge in [-0.1, -0.05) is 110 Å². The van der Waals surface area contributed by atoms with Gasteiger partial charge in [0.1, 0.15) is 46.8 Å². The maximum Gasteiger partial charge on any atom is 0.412 e. The van der Waals surface area contributed by atoms with E-state index in [0.717, 1.165) is 79.8 Å². The molecule has 144 heavy (non-hydrogen) atoms. The summed E-state index contributed by atoms with van der Waals surface area (Å²) >= 11 is 39.2. The topological polar surface area (TPSA) is 431 Å². The van der Waals surface area contributed by atoms with E-state index in [1.54, 1.807) is 170 Å². The van der Waals surface area contributed by atoms with Crippen molar-refractivity contribution in [2.24, 2.45) is 0 Å². The van der Waals surface area contributed by atoms with E-state index in [9.17, 15) is 50.0 Å². The number of methoxy groups -OCH3 is 2. The minimum atomic E-state index is -3.95. The fourth-order valence-electron chi connectivity index (χ4n) is 11.2. The Bertz CT molecular complexity index is 7910. The zero-order valence-corrected chi connectivity index (χ0v) is 97.1. The third-order valence-electron chi connectivity index (χ3n) is 17.4. The number of benzene rings is 3. The minimum absolute atomic E-state index is 0. The molecule has 29 nitrogen and oxygen atoms in total. The molecule has 736 valence electrons. The number of amides is 1. The summed E-state index contributed by atoms with van der Waals surface area (Å²) in [5, 5.41) is 34.0. The summed E-state index contributed by atoms with van der Waals surface area (Å²) in [4.78, 5) is 83.2. The first-order chi connectivity index (χ1) is 67.4. The second-order valence-corrected chi connectivity index (χ2v) is 43.7. The summed E-state index contributed by atoms with van der Waals surface area (Å²) in [5.74, 6) is -3.68. The first-order valence-electron chi connectivity index (χ1n) is 39.9. The van der Waals surface area contributed by atoms with Crippen molar-refractivity contribution in [2.45, 2.75) is 42.7 Å². The Balaban J connectivity index is 0.000000200. The van der Waals surface area contributed by atoms with Crippen LogP contribution in [-0.2, 0) is 106 Å². The molecule has 50 heteroatoms. The van der Waals surface area contributed by atoms with Crippen LogP contribution in [0.4, 0.5) is 39.3 Å². The number of aromatic carboxylic acids is 1. The zero-order chi connectivity index (χ0) is 102. The van der Waals surface area contributed by atoms with E-state index in [1.165, 1.54) is 119 Å². The van der Waals surface area contributed by atoms with E-state index in [4.69, 9.17) is 61.4 Å². The molecular weight excluding hydrogens is 2530 g/mol. The Hall–Kier alpha value is -9.90. The van der Waals surface area contributed by atoms with Gasteiger partial charge in [0.2, 0.25) is 0 Å². The smallest absolute Gasteiger partial charge is 0.412 e. The van der Waals surface area contributed by atoms with Crippen molar-refractivity contribution < 1.29 is 134 Å². The number of thiophene rings is 7. The van der Waals surface area contributed by atoms with Crippen molar-refractivity contribution in [1.82, 2.24) is 44.9 Å². The number of nitrogen functional groups attached to an aromatic ring is 2. The second kappa shape index (κ2) is 57.4. The van der Waals surface area contributed by atoms with E-state index >= 15 is 0 Å². The van der Waals surface area contributed by atoms with Crippen LogP contribution in [0, 0.1) is 40.3 Å². The molecule has 0 unspecified atom stereocenters. The predicted molar refractivity (Wildman–Crippen MR) is 578 cm³/mol. The Morgan fingerprint density at radius 1 is 0.535 bits per heavy atom. The number of fused-ring (bicyclic) bond motifs is 7. The van der Waals surface area contributed by atoms with Crippen molar-refractivity contribution in [3.63, 3.8) is 0 Å². The first kappa shape index (κ1) is 119. The Morgan fingerprint density at radius 3 is 1.44 bits per heavy atom. The van der Waals surface area contributed by atoms with Gasteiger partial charge in [0.25, 0.3) is 20.0 Å². The minimum Gasteiger partial charge on any atom is -0.619 e. The predicted octanol–water partition coefficient (Wildman–Crippen LogP) is 26.7. The van der Waals surface area contributed by atoms with E-state index in [-0.39, 0.29) is 106 Å². The van der Waals surface area contributed by atoms with Gasteiger partial charge in [-0.3, -0.25) is 54.2 Å². The number of pyridine rings is 10. The molecule has 7 N–H and O–H groups in total. The second-order valence-electron chi connectivity index (χ2n) is 28.3. The standard InChI is InChI=1S/C20H13F2N2O2S2.C13H9N2O2S2.C12H13BrN2O2S.C9H6BrNO2S.C9H8N2O2S.C8H4BrNO2S.C7H5BrN2S.C6H3ClN2.C5H4ClNO.C5H4ClN.ClH.2Y/c21-16-9-8-14(11-17(16)22)13-24(28(25,26)15-5-2-1-3-6-15)20-12-18-19(27-20)7-4-10-23-18;16-19(17,10-5-2-1-3-6-10)15-13-9-11-12(18-13)7-4-8-14-11;1-12(2,3)17-11(16)15-10-8(13)9-7(18-10)5-4-6-14-9;2*1-13-9(12)8-6(10)7-5(14-8)3-2-4-11-7;9-5-6-4(2-1-3-10-6)13-7(5)8(11)12;8-5-6-4(11-7(5)9)2-1-3-10-6;7-5-2-1-3-9-6(5)4-8;6-5-2-1-3-7(8)4-5;6-5-2-1-3-7-4-5;;;/h1-11H,13H2;1-8,15H;4-6H,1-3H3,(H,15,16);2-4H,1H3;2-4H,10H2,1H3;1-3H,(H,11,12);1-3H,9H2;1-3H;1-4H;1-4H;1H;;/q2*-1;;;;;;;;;;;. The Labute approximate surface area is 955 Å². The number of sulfonamides is 2. The van der Waals surface area contributed by atoms with Gasteiger partial charge in [-0.05, 0) is 227 Å². The van der Waals surface area contributed by atoms with Gasteiger partial charge in [-0.25, -0.2) is 72.5 Å². The number of nitrogens with two attached hydrogens (primary N) is 2. The van der Waals surface area contributed by atoms with Crippen LogP contribution in [-0.4, -0.2) is 111 Å². The first-order valence-corrected chi connectivity index (χ1v) is 52.8. The van der Waals surface area contributed by atoms with Crippen LogP contribution in [0.15, 0.2) is 302 Å². The normalized spacial score (nSPS) is 10.5. The molecule has 0 saturated heterocycles. The van der Waals surface area contributed by atoms with E-state index < -0.39 is 55.3 Å². The number of carboxylic acids is 1. The third-order valence-corrected chi connectivity index (χ3v) is 33.2. The summed E-state index contributed by atoms with van der Waals surface area (Å²) in [5.41, 5.74) is 17.1. The van der Waals surface area contributed by atoms with Crippen molar-refractivity contribution >= 4 is 332 Å². The molecule has 0 aliphatic rings. The maximum atomic E-state index is 13.7. The molecule has 0 fully saturated rings. The average molecular weight is 2600 g/mol. The molecule has 2 radical (unpaired) electrons. The number of carboxylic acid groups (broad SMARTS) is 1. The van der Waals surface area contributed by atoms with E-state index in [1.807, 2.05) is 93.6 Å². The van der Waals surface area contributed by atoms with Gasteiger partial charge >= 0.3 is 24.0 Å². The fraction of sp³-hybridized carbons (Fsp3) is 0.0745. The number of nitrogens with one attached hydrogen (secondary N) is 2. The molecule has 20 rings (SSSR count). The maximum absolute atomic E-state index is 13.7. The number of carbonyl (C=O) groups is 4. The molecule has 0 aliphatic carbocycles. The molecule has 0 atom stereocenters. The van der Waals surface area contributed by atoms with Crippen molar-refractivity contribution in [1.29, 1.82) is 5.26 Å². The Morgan fingerprint density at radius 2 is 0.993 bits per heavy atom. The van der Waals surface area contributed by atoms with E-state index in [2.05, 4.69) is 140 Å². The molecule has 17 heterocycles. The summed E-state index contributed by atoms with van der Waals surface area (Å²) < 4.78 is 106. The fourth-order valence-corrected chi connectivity index (χ4v) is 24.2. The largest absolute Gasteiger partial charge is 0.619 e. The van der Waals surface area contributed by atoms with Crippen LogP contribution in [0.5, 0.6) is 0 Å². The van der Waals surface area contributed by atoms with Crippen LogP contribution in [0.25, 0.3) is 71.5 Å². The molecule has 1 amide bonds. The quantitative estimate of drug-likeness (QED) is 0.0249. The van der Waals surface area contributed by atoms with Crippen molar-refractivity contribution in [2.75, 3.05) is 40.0 Å². The van der Waals surface area contributed by atoms with Crippen molar-refractivity contribution in [3.05, 3.63) is 362 Å². The number of nitriles is 1. The molecule has 17 aromatic heterocycles. The SMILES string of the molecule is CC(C)(C)OC(=O)Nc1sc2cccnc2c1Br.COC(=O)c1sc2cccnc2c1Br.COC(=O)c1sc2cccnc2c1N.Cl.Clc1cccnc1.N#Cc1ncccc1Cl.Nc1sc2cccnc2c1Br.O=C(O)c1sc2cccnc2c1Br.O=S(=O)(Nc1[c-]c2ncccc2s1)c1ccccc1.O=S(=O)(c1ccccc1)N(Cc1ccc(F)c(F)c1)c1[c-]c2ncccc2s1.[O-][n+]1cccc(Cl)c1.[Y].[Y]. The number of anilines is 5. The number of carbonyl (C=O) groups excluding carboxylic acids is 3. The Kier molecular flexibility index (Phi) is 47.6. The number of hydrogen-bond acceptors (Lipinski definition) is 31. The zero-order valence-electron chi connectivity index (χ0n) is 74.7.